The minimum atomic E-state index is -1.33. The van der Waals surface area contributed by atoms with Gasteiger partial charge in [0.25, 0.3) is 5.79 Å². The molecule has 1 aliphatic rings. The van der Waals surface area contributed by atoms with Crippen molar-refractivity contribution < 1.29 is 29.0 Å². The lowest BCUT2D eigenvalue weighted by molar-refractivity contribution is -0.255. The molecular formula is C14H12NO6-. The van der Waals surface area contributed by atoms with Crippen LogP contribution in [0.15, 0.2) is 36.0 Å². The molecule has 2 rings (SSSR count). The highest BCUT2D eigenvalue weighted by molar-refractivity contribution is 6.15. The summed E-state index contributed by atoms with van der Waals surface area (Å²) in [5.74, 6) is -4.27. The Morgan fingerprint density at radius 2 is 1.86 bits per heavy atom. The Morgan fingerprint density at radius 1 is 1.24 bits per heavy atom. The molecule has 1 aromatic rings. The van der Waals surface area contributed by atoms with E-state index in [2.05, 4.69) is 5.32 Å². The van der Waals surface area contributed by atoms with E-state index < -0.39 is 23.7 Å². The lowest BCUT2D eigenvalue weighted by Crippen LogP contribution is -2.42. The maximum Gasteiger partial charge on any atom is 0.350 e. The van der Waals surface area contributed by atoms with E-state index in [-0.39, 0.29) is 11.1 Å². The highest BCUT2D eigenvalue weighted by Crippen LogP contribution is 2.22. The summed E-state index contributed by atoms with van der Waals surface area (Å²) >= 11 is 0. The van der Waals surface area contributed by atoms with Crippen LogP contribution in [0.2, 0.25) is 0 Å². The number of carbonyl (C=O) groups excluding carboxylic acids is 3. The second-order valence-corrected chi connectivity index (χ2v) is 4.75. The molecule has 1 saturated heterocycles. The SMILES string of the molecule is CC1(C)OC(=O)C(=CNc2cccc(C(=O)[O-])c2)C(=O)O1. The maximum atomic E-state index is 11.7. The van der Waals surface area contributed by atoms with Crippen LogP contribution < -0.4 is 10.4 Å². The Hall–Kier alpha value is -2.83. The molecule has 0 radical (unpaired) electrons. The van der Waals surface area contributed by atoms with Gasteiger partial charge in [0.15, 0.2) is 5.57 Å². The summed E-state index contributed by atoms with van der Waals surface area (Å²) in [6, 6.07) is 5.72. The molecule has 110 valence electrons. The molecule has 21 heavy (non-hydrogen) atoms. The van der Waals surface area contributed by atoms with Gasteiger partial charge in [0.1, 0.15) is 0 Å². The Balaban J connectivity index is 2.18. The number of anilines is 1. The molecule has 0 aliphatic carbocycles. The van der Waals surface area contributed by atoms with Crippen LogP contribution in [0.25, 0.3) is 0 Å². The highest BCUT2D eigenvalue weighted by atomic mass is 16.7. The molecule has 0 atom stereocenters. The number of hydrogen-bond donors (Lipinski definition) is 1. The number of benzene rings is 1. The molecule has 1 aromatic carbocycles. The van der Waals surface area contributed by atoms with Crippen LogP contribution >= 0.6 is 0 Å². The summed E-state index contributed by atoms with van der Waals surface area (Å²) in [5.41, 5.74) is 0.0242. The van der Waals surface area contributed by atoms with Crippen molar-refractivity contribution >= 4 is 23.6 Å². The number of carboxylic acids is 1. The molecule has 0 saturated carbocycles. The first-order chi connectivity index (χ1) is 9.78. The number of cyclic esters (lactones) is 2. The average molecular weight is 290 g/mol. The van der Waals surface area contributed by atoms with Crippen LogP contribution in [-0.2, 0) is 19.1 Å². The molecule has 0 aromatic heterocycles. The first-order valence-corrected chi connectivity index (χ1v) is 6.03. The monoisotopic (exact) mass is 290 g/mol. The standard InChI is InChI=1S/C14H13NO6/c1-14(2)20-12(18)10(13(19)21-14)7-15-9-5-3-4-8(6-9)11(16)17/h3-7,15H,1-2H3,(H,16,17)/p-1. The van der Waals surface area contributed by atoms with Gasteiger partial charge in [-0.15, -0.1) is 0 Å². The summed E-state index contributed by atoms with van der Waals surface area (Å²) in [6.45, 7) is 2.88. The van der Waals surface area contributed by atoms with E-state index in [1.165, 1.54) is 32.0 Å². The van der Waals surface area contributed by atoms with Crippen molar-refractivity contribution in [1.82, 2.24) is 0 Å². The third-order valence-electron chi connectivity index (χ3n) is 2.60. The molecule has 7 nitrogen and oxygen atoms in total. The number of nitrogens with one attached hydrogen (secondary N) is 1. The average Bonchev–Trinajstić information content (AvgIpc) is 2.36. The highest BCUT2D eigenvalue weighted by Gasteiger charge is 2.38. The topological polar surface area (TPSA) is 105 Å². The van der Waals surface area contributed by atoms with E-state index in [1.807, 2.05) is 0 Å². The number of esters is 2. The van der Waals surface area contributed by atoms with Crippen molar-refractivity contribution in [3.63, 3.8) is 0 Å². The van der Waals surface area contributed by atoms with Crippen molar-refractivity contribution in [3.8, 4) is 0 Å². The summed E-state index contributed by atoms with van der Waals surface area (Å²) in [4.78, 5) is 34.1. The van der Waals surface area contributed by atoms with Crippen molar-refractivity contribution in [1.29, 1.82) is 0 Å². The number of aromatic carboxylic acids is 1. The molecular weight excluding hydrogens is 278 g/mol. The summed E-state index contributed by atoms with van der Waals surface area (Å²) in [5, 5.41) is 13.4. The van der Waals surface area contributed by atoms with Gasteiger partial charge in [0.05, 0.1) is 5.97 Å². The van der Waals surface area contributed by atoms with Gasteiger partial charge < -0.3 is 24.7 Å². The molecule has 1 heterocycles. The smallest absolute Gasteiger partial charge is 0.350 e. The Labute approximate surface area is 120 Å². The fourth-order valence-corrected chi connectivity index (χ4v) is 1.67. The second-order valence-electron chi connectivity index (χ2n) is 4.75. The van der Waals surface area contributed by atoms with E-state index >= 15 is 0 Å². The summed E-state index contributed by atoms with van der Waals surface area (Å²) < 4.78 is 9.83. The van der Waals surface area contributed by atoms with Gasteiger partial charge in [0, 0.05) is 25.7 Å². The zero-order valence-electron chi connectivity index (χ0n) is 11.3. The minimum absolute atomic E-state index is 0.0340. The fourth-order valence-electron chi connectivity index (χ4n) is 1.67. The normalized spacial score (nSPS) is 16.8. The van der Waals surface area contributed by atoms with E-state index in [0.29, 0.717) is 5.69 Å². The number of carbonyl (C=O) groups is 3. The molecule has 1 N–H and O–H groups in total. The maximum absolute atomic E-state index is 11.7. The third-order valence-corrected chi connectivity index (χ3v) is 2.60. The predicted molar refractivity (Wildman–Crippen MR) is 68.7 cm³/mol. The molecule has 0 amide bonds. The van der Waals surface area contributed by atoms with Crippen molar-refractivity contribution in [3.05, 3.63) is 41.6 Å². The number of ether oxygens (including phenoxy) is 2. The van der Waals surface area contributed by atoms with Gasteiger partial charge in [-0.3, -0.25) is 0 Å². The minimum Gasteiger partial charge on any atom is -0.545 e. The Morgan fingerprint density at radius 3 is 2.43 bits per heavy atom. The Kier molecular flexibility index (Phi) is 3.66. The third kappa shape index (κ3) is 3.38. The number of hydrogen-bond acceptors (Lipinski definition) is 7. The van der Waals surface area contributed by atoms with Gasteiger partial charge in [-0.1, -0.05) is 12.1 Å². The van der Waals surface area contributed by atoms with Gasteiger partial charge in [-0.2, -0.15) is 0 Å². The number of carboxylic acid groups (broad SMARTS) is 1. The molecule has 1 aliphatic heterocycles. The molecule has 0 bridgehead atoms. The largest absolute Gasteiger partial charge is 0.545 e. The van der Waals surface area contributed by atoms with Gasteiger partial charge in [0.2, 0.25) is 0 Å². The van der Waals surface area contributed by atoms with Gasteiger partial charge >= 0.3 is 11.9 Å². The molecule has 1 fully saturated rings. The van der Waals surface area contributed by atoms with Gasteiger partial charge in [-0.05, 0) is 17.7 Å². The Bertz CT molecular complexity index is 625. The van der Waals surface area contributed by atoms with Gasteiger partial charge in [-0.25, -0.2) is 9.59 Å². The van der Waals surface area contributed by atoms with Crippen molar-refractivity contribution in [2.45, 2.75) is 19.6 Å². The molecule has 0 unspecified atom stereocenters. The first-order valence-electron chi connectivity index (χ1n) is 6.03. The fraction of sp³-hybridized carbons (Fsp3) is 0.214. The zero-order chi connectivity index (χ0) is 15.6. The van der Waals surface area contributed by atoms with Crippen LogP contribution in [0.5, 0.6) is 0 Å². The summed E-state index contributed by atoms with van der Waals surface area (Å²) in [7, 11) is 0. The lowest BCUT2D eigenvalue weighted by atomic mass is 10.2. The second kappa shape index (κ2) is 5.28. The van der Waals surface area contributed by atoms with Crippen LogP contribution in [0.1, 0.15) is 24.2 Å². The first kappa shape index (κ1) is 14.6. The van der Waals surface area contributed by atoms with Crippen molar-refractivity contribution in [2.24, 2.45) is 0 Å². The molecule has 7 heteroatoms. The quantitative estimate of drug-likeness (QED) is 0.481. The van der Waals surface area contributed by atoms with E-state index in [0.717, 1.165) is 6.20 Å². The van der Waals surface area contributed by atoms with E-state index in [9.17, 15) is 19.5 Å². The van der Waals surface area contributed by atoms with Crippen LogP contribution in [0.3, 0.4) is 0 Å². The van der Waals surface area contributed by atoms with E-state index in [1.54, 1.807) is 6.07 Å². The number of rotatable bonds is 3. The van der Waals surface area contributed by atoms with Crippen LogP contribution in [-0.4, -0.2) is 23.7 Å². The molecule has 0 spiro atoms. The van der Waals surface area contributed by atoms with Crippen LogP contribution in [0.4, 0.5) is 5.69 Å². The predicted octanol–water partition coefficient (Wildman–Crippen LogP) is 0.182. The van der Waals surface area contributed by atoms with Crippen molar-refractivity contribution in [2.75, 3.05) is 5.32 Å². The zero-order valence-corrected chi connectivity index (χ0v) is 11.3. The van der Waals surface area contributed by atoms with E-state index in [4.69, 9.17) is 9.47 Å². The lowest BCUT2D eigenvalue weighted by Gasteiger charge is -2.29. The van der Waals surface area contributed by atoms with Crippen LogP contribution in [0, 0.1) is 0 Å². The summed E-state index contributed by atoms with van der Waals surface area (Å²) in [6.07, 6.45) is 1.11.